The van der Waals surface area contributed by atoms with Crippen molar-refractivity contribution in [2.24, 2.45) is 0 Å². The van der Waals surface area contributed by atoms with Gasteiger partial charge in [0.05, 0.1) is 24.0 Å². The summed E-state index contributed by atoms with van der Waals surface area (Å²) >= 11 is 0. The molecule has 7 nitrogen and oxygen atoms in total. The molecule has 0 unspecified atom stereocenters. The lowest BCUT2D eigenvalue weighted by Crippen LogP contribution is -2.33. The maximum absolute atomic E-state index is 13.1. The normalized spacial score (nSPS) is 16.9. The molecule has 1 N–H and O–H groups in total. The predicted molar refractivity (Wildman–Crippen MR) is 97.4 cm³/mol. The summed E-state index contributed by atoms with van der Waals surface area (Å²) in [6.45, 7) is 6.62. The van der Waals surface area contributed by atoms with E-state index in [1.807, 2.05) is 36.9 Å². The Labute approximate surface area is 153 Å². The highest BCUT2D eigenvalue weighted by Crippen LogP contribution is 2.32. The second-order valence-corrected chi connectivity index (χ2v) is 6.87. The summed E-state index contributed by atoms with van der Waals surface area (Å²) in [5.74, 6) is -0.0930. The van der Waals surface area contributed by atoms with Crippen molar-refractivity contribution >= 4 is 11.8 Å². The molecular weight excluding hydrogens is 330 g/mol. The Morgan fingerprint density at radius 2 is 2.12 bits per heavy atom. The molecule has 0 aliphatic carbocycles. The molecule has 0 bridgehead atoms. The first-order valence-electron chi connectivity index (χ1n) is 9.02. The van der Waals surface area contributed by atoms with Gasteiger partial charge in [-0.3, -0.25) is 19.3 Å². The number of carbonyl (C=O) groups is 2. The Balaban J connectivity index is 1.82. The quantitative estimate of drug-likeness (QED) is 0.893. The number of pyridine rings is 1. The maximum Gasteiger partial charge on any atom is 0.272 e. The monoisotopic (exact) mass is 355 g/mol. The minimum absolute atomic E-state index is 0.00670. The molecule has 0 saturated carbocycles. The van der Waals surface area contributed by atoms with E-state index in [4.69, 9.17) is 0 Å². The van der Waals surface area contributed by atoms with Crippen LogP contribution in [0.3, 0.4) is 0 Å². The van der Waals surface area contributed by atoms with Crippen molar-refractivity contribution in [3.05, 3.63) is 47.5 Å². The van der Waals surface area contributed by atoms with E-state index in [-0.39, 0.29) is 23.9 Å². The van der Waals surface area contributed by atoms with E-state index in [0.29, 0.717) is 18.8 Å². The molecule has 1 saturated heterocycles. The fraction of sp³-hybridized carbons (Fsp3) is 0.474. The van der Waals surface area contributed by atoms with Crippen LogP contribution in [0.25, 0.3) is 0 Å². The van der Waals surface area contributed by atoms with Gasteiger partial charge < -0.3 is 10.2 Å². The molecular formula is C19H25N5O2. The molecule has 2 aromatic heterocycles. The number of amides is 2. The number of aromatic nitrogens is 3. The summed E-state index contributed by atoms with van der Waals surface area (Å²) in [5, 5.41) is 7.04. The Hall–Kier alpha value is -2.70. The number of nitrogens with one attached hydrogen (secondary N) is 1. The van der Waals surface area contributed by atoms with Crippen molar-refractivity contribution in [1.82, 2.24) is 25.0 Å². The van der Waals surface area contributed by atoms with E-state index in [1.54, 1.807) is 16.9 Å². The van der Waals surface area contributed by atoms with Gasteiger partial charge in [-0.2, -0.15) is 5.10 Å². The van der Waals surface area contributed by atoms with Gasteiger partial charge in [-0.15, -0.1) is 0 Å². The molecule has 1 aliphatic heterocycles. The Bertz CT molecular complexity index is 799. The minimum Gasteiger partial charge on any atom is -0.351 e. The summed E-state index contributed by atoms with van der Waals surface area (Å²) < 4.78 is 1.76. The van der Waals surface area contributed by atoms with Crippen molar-refractivity contribution in [2.75, 3.05) is 6.54 Å². The van der Waals surface area contributed by atoms with E-state index in [1.165, 1.54) is 6.92 Å². The maximum atomic E-state index is 13.1. The number of carbonyl (C=O) groups excluding carboxylic acids is 2. The smallest absolute Gasteiger partial charge is 0.272 e. The topological polar surface area (TPSA) is 80.1 Å². The van der Waals surface area contributed by atoms with Crippen LogP contribution in [0.4, 0.5) is 0 Å². The van der Waals surface area contributed by atoms with Crippen LogP contribution in [0, 0.1) is 0 Å². The number of nitrogens with zero attached hydrogens (tertiary/aromatic N) is 4. The molecule has 3 rings (SSSR count). The third-order valence-corrected chi connectivity index (χ3v) is 4.58. The van der Waals surface area contributed by atoms with E-state index in [9.17, 15) is 9.59 Å². The molecule has 2 amide bonds. The van der Waals surface area contributed by atoms with Crippen LogP contribution in [0.2, 0.25) is 0 Å². The number of rotatable bonds is 5. The van der Waals surface area contributed by atoms with Crippen molar-refractivity contribution < 1.29 is 9.59 Å². The first kappa shape index (κ1) is 18.1. The van der Waals surface area contributed by atoms with E-state index in [0.717, 1.165) is 24.2 Å². The first-order chi connectivity index (χ1) is 12.5. The zero-order valence-corrected chi connectivity index (χ0v) is 15.5. The second kappa shape index (κ2) is 7.68. The number of hydrogen-bond acceptors (Lipinski definition) is 4. The van der Waals surface area contributed by atoms with Crippen molar-refractivity contribution in [2.45, 2.75) is 52.2 Å². The minimum atomic E-state index is -0.0863. The number of likely N-dealkylation sites (tertiary alicyclic amines) is 1. The fourth-order valence-electron chi connectivity index (χ4n) is 3.36. The van der Waals surface area contributed by atoms with Crippen molar-refractivity contribution in [3.63, 3.8) is 0 Å². The van der Waals surface area contributed by atoms with Crippen molar-refractivity contribution in [3.8, 4) is 0 Å². The highest BCUT2D eigenvalue weighted by atomic mass is 16.2. The third-order valence-electron chi connectivity index (χ3n) is 4.58. The summed E-state index contributed by atoms with van der Waals surface area (Å²) in [6.07, 6.45) is 3.51. The zero-order chi connectivity index (χ0) is 18.7. The average molecular weight is 355 g/mol. The summed E-state index contributed by atoms with van der Waals surface area (Å²) in [4.78, 5) is 30.8. The van der Waals surface area contributed by atoms with Gasteiger partial charge in [-0.25, -0.2) is 0 Å². The molecule has 2 aromatic rings. The van der Waals surface area contributed by atoms with Gasteiger partial charge in [0.15, 0.2) is 0 Å². The van der Waals surface area contributed by atoms with Crippen LogP contribution in [-0.4, -0.2) is 38.0 Å². The van der Waals surface area contributed by atoms with E-state index in [2.05, 4.69) is 15.4 Å². The van der Waals surface area contributed by atoms with Crippen LogP contribution < -0.4 is 5.32 Å². The summed E-state index contributed by atoms with van der Waals surface area (Å²) in [6, 6.07) is 7.62. The zero-order valence-electron chi connectivity index (χ0n) is 15.5. The van der Waals surface area contributed by atoms with Crippen LogP contribution in [-0.2, 0) is 11.3 Å². The Kier molecular flexibility index (Phi) is 5.35. The lowest BCUT2D eigenvalue weighted by molar-refractivity contribution is -0.119. The lowest BCUT2D eigenvalue weighted by atomic mass is 10.1. The fourth-order valence-corrected chi connectivity index (χ4v) is 3.36. The summed E-state index contributed by atoms with van der Waals surface area (Å²) in [5.41, 5.74) is 2.28. The van der Waals surface area contributed by atoms with Crippen LogP contribution in [0.5, 0.6) is 0 Å². The average Bonchev–Trinajstić information content (AvgIpc) is 3.29. The van der Waals surface area contributed by atoms with E-state index < -0.39 is 0 Å². The third kappa shape index (κ3) is 3.76. The second-order valence-electron chi connectivity index (χ2n) is 6.87. The molecule has 1 atom stereocenters. The number of hydrogen-bond donors (Lipinski definition) is 1. The van der Waals surface area contributed by atoms with Crippen LogP contribution >= 0.6 is 0 Å². The van der Waals surface area contributed by atoms with Crippen LogP contribution in [0.15, 0.2) is 30.5 Å². The molecule has 3 heterocycles. The molecule has 0 radical (unpaired) electrons. The molecule has 26 heavy (non-hydrogen) atoms. The molecule has 7 heteroatoms. The SMILES string of the molecule is CC(=O)NCc1cccc([C@@H]2CCCN2C(=O)c2ccnn2C(C)C)n1. The van der Waals surface area contributed by atoms with E-state index >= 15 is 0 Å². The van der Waals surface area contributed by atoms with Gasteiger partial charge in [-0.1, -0.05) is 6.07 Å². The summed E-state index contributed by atoms with van der Waals surface area (Å²) in [7, 11) is 0. The molecule has 138 valence electrons. The van der Waals surface area contributed by atoms with Crippen molar-refractivity contribution in [1.29, 1.82) is 0 Å². The predicted octanol–water partition coefficient (Wildman–Crippen LogP) is 2.47. The van der Waals surface area contributed by atoms with Gasteiger partial charge in [-0.05, 0) is 44.9 Å². The largest absolute Gasteiger partial charge is 0.351 e. The highest BCUT2D eigenvalue weighted by Gasteiger charge is 2.33. The van der Waals surface area contributed by atoms with Gasteiger partial charge in [0.1, 0.15) is 5.69 Å². The Morgan fingerprint density at radius 3 is 2.85 bits per heavy atom. The highest BCUT2D eigenvalue weighted by molar-refractivity contribution is 5.93. The Morgan fingerprint density at radius 1 is 1.31 bits per heavy atom. The standard InChI is InChI=1S/C19H25N5O2/c1-13(2)24-18(9-10-21-24)19(26)23-11-5-8-17(23)16-7-4-6-15(22-16)12-20-14(3)25/h4,6-7,9-10,13,17H,5,8,11-12H2,1-3H3,(H,20,25)/t17-/m0/s1. The van der Waals surface area contributed by atoms with Gasteiger partial charge in [0, 0.05) is 25.7 Å². The molecule has 1 fully saturated rings. The molecule has 1 aliphatic rings. The van der Waals surface area contributed by atoms with Gasteiger partial charge >= 0.3 is 0 Å². The lowest BCUT2D eigenvalue weighted by Gasteiger charge is -2.25. The first-order valence-corrected chi connectivity index (χ1v) is 9.02. The van der Waals surface area contributed by atoms with Gasteiger partial charge in [0.25, 0.3) is 5.91 Å². The molecule has 0 aromatic carbocycles. The van der Waals surface area contributed by atoms with Crippen LogP contribution in [0.1, 0.15) is 67.6 Å². The van der Waals surface area contributed by atoms with Gasteiger partial charge in [0.2, 0.25) is 5.91 Å². The molecule has 0 spiro atoms.